The van der Waals surface area contributed by atoms with E-state index in [9.17, 15) is 0 Å². The lowest BCUT2D eigenvalue weighted by molar-refractivity contribution is -0.105. The van der Waals surface area contributed by atoms with Crippen LogP contribution in [-0.2, 0) is 4.74 Å². The number of hydrogen-bond donors (Lipinski definition) is 3. The molecular weight excluding hydrogens is 240 g/mol. The first-order valence-electron chi connectivity index (χ1n) is 6.78. The van der Waals surface area contributed by atoms with Crippen LogP contribution >= 0.6 is 0 Å². The Morgan fingerprint density at radius 1 is 1.24 bits per heavy atom. The van der Waals surface area contributed by atoms with E-state index in [4.69, 9.17) is 13.8 Å². The zero-order valence-electron chi connectivity index (χ0n) is 12.3. The average Bonchev–Trinajstić information content (AvgIpc) is 2.52. The van der Waals surface area contributed by atoms with Crippen LogP contribution in [0.5, 0.6) is 5.75 Å². The molecule has 0 saturated carbocycles. The van der Waals surface area contributed by atoms with E-state index in [2.05, 4.69) is 14.4 Å². The third kappa shape index (κ3) is 3.52. The minimum Gasteiger partial charge on any atom is -0.465 e. The van der Waals surface area contributed by atoms with Crippen LogP contribution in [0.2, 0.25) is 0 Å². The first-order valence-corrected chi connectivity index (χ1v) is 7.28. The molecule has 6 heteroatoms. The number of ether oxygens (including phenoxy) is 2. The summed E-state index contributed by atoms with van der Waals surface area (Å²) in [6.45, 7) is 0.699. The zero-order chi connectivity index (χ0) is 14.4. The summed E-state index contributed by atoms with van der Waals surface area (Å²) in [5.74, 6) is 0.600. The monoisotopic (exact) mass is 262 g/mol. The Bertz CT molecular complexity index is 401. The van der Waals surface area contributed by atoms with Gasteiger partial charge in [0.2, 0.25) is 0 Å². The fourth-order valence-corrected chi connectivity index (χ4v) is 2.27. The van der Waals surface area contributed by atoms with E-state index in [0.29, 0.717) is 17.5 Å². The molecule has 0 bridgehead atoms. The summed E-state index contributed by atoms with van der Waals surface area (Å²) in [5.41, 5.74) is 0. The van der Waals surface area contributed by atoms with Gasteiger partial charge in [0.15, 0.2) is 10.6 Å². The first kappa shape index (κ1) is 9.07. The Kier molecular flexibility index (Phi) is 2.75. The molecule has 1 saturated heterocycles. The zero-order valence-corrected chi connectivity index (χ0v) is 10.3. The van der Waals surface area contributed by atoms with Crippen molar-refractivity contribution in [1.82, 2.24) is 0 Å². The van der Waals surface area contributed by atoms with Gasteiger partial charge in [0, 0.05) is 11.6 Å². The van der Waals surface area contributed by atoms with Crippen LogP contribution < -0.4 is 9.92 Å². The van der Waals surface area contributed by atoms with E-state index in [0.717, 1.165) is 19.3 Å². The molecule has 1 heterocycles. The summed E-state index contributed by atoms with van der Waals surface area (Å²) >= 11 is 0. The van der Waals surface area contributed by atoms with Crippen LogP contribution in [-0.4, -0.2) is 40.4 Å². The molecule has 1 aromatic carbocycles. The van der Waals surface area contributed by atoms with Gasteiger partial charge in [-0.2, -0.15) is 0 Å². The Morgan fingerprint density at radius 2 is 2.00 bits per heavy atom. The summed E-state index contributed by atoms with van der Waals surface area (Å²) in [6, 6.07) is 6.40. The van der Waals surface area contributed by atoms with Crippen LogP contribution in [0.25, 0.3) is 0 Å². The highest BCUT2D eigenvalue weighted by molar-refractivity contribution is 6.71. The van der Waals surface area contributed by atoms with Gasteiger partial charge in [-0.05, 0) is 25.0 Å². The number of rotatable bonds is 6. The van der Waals surface area contributed by atoms with Gasteiger partial charge >= 0.3 is 8.80 Å². The van der Waals surface area contributed by atoms with Gasteiger partial charge in [-0.1, -0.05) is 12.1 Å². The van der Waals surface area contributed by atoms with Crippen molar-refractivity contribution >= 4 is 14.0 Å². The second kappa shape index (κ2) is 5.15. The number of benzene rings is 1. The standard InChI is InChI=1S/C11H16O5Si/c12-17(13,14)10-6-4-9(5-7-10)16-11-3-1-2-8-15-11/h4-7,11-14H,1-3,8H2/i12T,13T,14T. The molecule has 1 unspecified atom stereocenters. The molecule has 1 aromatic rings. The van der Waals surface area contributed by atoms with E-state index in [1.165, 1.54) is 0 Å². The predicted molar refractivity (Wildman–Crippen MR) is 62.7 cm³/mol. The average molecular weight is 262 g/mol. The highest BCUT2D eigenvalue weighted by Gasteiger charge is 2.30. The second-order valence-corrected chi connectivity index (χ2v) is 5.68. The lowest BCUT2D eigenvalue weighted by atomic mass is 10.2. The van der Waals surface area contributed by atoms with E-state index >= 15 is 0 Å². The maximum Gasteiger partial charge on any atom is 0.528 e. The smallest absolute Gasteiger partial charge is 0.465 e. The third-order valence-corrected chi connectivity index (χ3v) is 3.65. The summed E-state index contributed by atoms with van der Waals surface area (Å²) in [6.07, 6.45) is 2.73. The lowest BCUT2D eigenvalue weighted by Crippen LogP contribution is -2.48. The van der Waals surface area contributed by atoms with Crippen molar-refractivity contribution in [3.05, 3.63) is 24.3 Å². The van der Waals surface area contributed by atoms with E-state index in [1.54, 1.807) is 24.3 Å². The van der Waals surface area contributed by atoms with Crippen LogP contribution in [0.1, 0.15) is 19.3 Å². The van der Waals surface area contributed by atoms with Crippen LogP contribution in [0.3, 0.4) is 0 Å². The molecule has 0 amide bonds. The molecule has 3 N–H and O–H groups in total. The highest BCUT2D eigenvalue weighted by Crippen LogP contribution is 2.18. The molecule has 1 aliphatic rings. The Morgan fingerprint density at radius 3 is 2.59 bits per heavy atom. The molecule has 2 rings (SSSR count). The highest BCUT2D eigenvalue weighted by atomic mass is 28.4. The summed E-state index contributed by atoms with van der Waals surface area (Å²) in [7, 11) is -3.76. The summed E-state index contributed by atoms with van der Waals surface area (Å²) in [4.78, 5) is 12.9. The normalized spacial score (nSPS) is 23.5. The van der Waals surface area contributed by atoms with Crippen molar-refractivity contribution < 1.29 is 23.9 Å². The quantitative estimate of drug-likeness (QED) is 0.614. The molecule has 0 aromatic heterocycles. The minimum absolute atomic E-state index is 0.246. The Hall–Kier alpha value is -0.923. The van der Waals surface area contributed by atoms with Crippen LogP contribution in [0.15, 0.2) is 24.3 Å². The first-order chi connectivity index (χ1) is 9.74. The van der Waals surface area contributed by atoms with Gasteiger partial charge in [0.1, 0.15) is 5.75 Å². The van der Waals surface area contributed by atoms with Crippen LogP contribution in [0.4, 0.5) is 0 Å². The van der Waals surface area contributed by atoms with E-state index in [1.807, 2.05) is 0 Å². The van der Waals surface area contributed by atoms with Crippen molar-refractivity contribution in [2.45, 2.75) is 25.6 Å². The van der Waals surface area contributed by atoms with Gasteiger partial charge in [0.25, 0.3) is 0 Å². The van der Waals surface area contributed by atoms with E-state index < -0.39 is 8.80 Å². The minimum atomic E-state index is -3.76. The van der Waals surface area contributed by atoms with Gasteiger partial charge < -0.3 is 23.9 Å². The summed E-state index contributed by atoms with van der Waals surface area (Å²) < 4.78 is 31.9. The lowest BCUT2D eigenvalue weighted by Gasteiger charge is -2.23. The fourth-order valence-electron chi connectivity index (χ4n) is 1.69. The Labute approximate surface area is 105 Å². The second-order valence-electron chi connectivity index (χ2n) is 3.99. The fraction of sp³-hybridized carbons (Fsp3) is 0.455. The van der Waals surface area contributed by atoms with E-state index in [-0.39, 0.29) is 6.29 Å². The van der Waals surface area contributed by atoms with Crippen molar-refractivity contribution in [3.63, 3.8) is 0 Å². The molecule has 0 radical (unpaired) electrons. The molecular formula is C11H16O5Si. The molecule has 1 atom stereocenters. The predicted octanol–water partition coefficient (Wildman–Crippen LogP) is -0.285. The third-order valence-electron chi connectivity index (χ3n) is 2.61. The van der Waals surface area contributed by atoms with Crippen molar-refractivity contribution in [3.8, 4) is 5.75 Å². The maximum absolute atomic E-state index is 6.92. The summed E-state index contributed by atoms with van der Waals surface area (Å²) in [5, 5.41) is 0.342. The molecule has 1 fully saturated rings. The molecule has 1 aliphatic heterocycles. The molecule has 17 heavy (non-hydrogen) atoms. The number of hydrogen-bond acceptors (Lipinski definition) is 5. The van der Waals surface area contributed by atoms with Crippen molar-refractivity contribution in [2.24, 2.45) is 0 Å². The van der Waals surface area contributed by atoms with Crippen molar-refractivity contribution in [1.29, 1.82) is 4.29 Å². The van der Waals surface area contributed by atoms with Gasteiger partial charge in [0.05, 0.1) is 6.61 Å². The molecule has 0 aliphatic carbocycles. The SMILES string of the molecule is [3H]O[Si](O[3H])(O[3H])c1ccc(OC2CCCCO2)cc1. The Balaban J connectivity index is 2.05. The van der Waals surface area contributed by atoms with Crippen molar-refractivity contribution in [2.75, 3.05) is 6.61 Å². The van der Waals surface area contributed by atoms with Gasteiger partial charge in [-0.3, -0.25) is 0 Å². The molecule has 94 valence electrons. The maximum atomic E-state index is 6.92. The van der Waals surface area contributed by atoms with Gasteiger partial charge in [-0.25, -0.2) is 0 Å². The van der Waals surface area contributed by atoms with Crippen LogP contribution in [0, 0.1) is 0 Å². The largest absolute Gasteiger partial charge is 0.528 e. The molecule has 0 spiro atoms. The van der Waals surface area contributed by atoms with Gasteiger partial charge in [-0.15, -0.1) is 0 Å². The topological polar surface area (TPSA) is 79.2 Å². The molecule has 5 nitrogen and oxygen atoms in total.